The lowest BCUT2D eigenvalue weighted by Crippen LogP contribution is -2.41. The van der Waals surface area contributed by atoms with Gasteiger partial charge < -0.3 is 30.2 Å². The number of anilines is 2. The van der Waals surface area contributed by atoms with E-state index in [0.717, 1.165) is 92.5 Å². The van der Waals surface area contributed by atoms with Crippen LogP contribution in [-0.2, 0) is 22.2 Å². The molecule has 0 aliphatic carbocycles. The molecule has 0 amide bonds. The molecule has 0 radical (unpaired) electrons. The molecule has 7 rings (SSSR count). The first-order valence-corrected chi connectivity index (χ1v) is 15.6. The van der Waals surface area contributed by atoms with Crippen molar-refractivity contribution >= 4 is 39.9 Å². The Hall–Kier alpha value is -3.60. The Balaban J connectivity index is 0.000000134. The maximum absolute atomic E-state index is 6.22. The van der Waals surface area contributed by atoms with Crippen LogP contribution in [0.2, 0.25) is 0 Å². The van der Waals surface area contributed by atoms with Crippen molar-refractivity contribution in [2.24, 2.45) is 0 Å². The Bertz CT molecular complexity index is 1650. The van der Waals surface area contributed by atoms with Crippen LogP contribution >= 0.6 is 15.9 Å². The van der Waals surface area contributed by atoms with Gasteiger partial charge in [-0.3, -0.25) is 9.97 Å². The zero-order valence-corrected chi connectivity index (χ0v) is 27.8. The smallest absolute Gasteiger partial charge is 0.493 e. The third-order valence-corrected chi connectivity index (χ3v) is 9.14. The highest BCUT2D eigenvalue weighted by Crippen LogP contribution is 2.38. The van der Waals surface area contributed by atoms with Crippen LogP contribution < -0.4 is 26.4 Å². The molecule has 3 aliphatic rings. The van der Waals surface area contributed by atoms with Gasteiger partial charge in [0, 0.05) is 63.5 Å². The lowest BCUT2D eigenvalue weighted by Gasteiger charge is -2.32. The van der Waals surface area contributed by atoms with E-state index in [1.807, 2.05) is 68.6 Å². The Kier molecular flexibility index (Phi) is 9.25. The summed E-state index contributed by atoms with van der Waals surface area (Å²) in [5.41, 5.74) is 20.6. The number of nitrogens with two attached hydrogens (primary N) is 2. The summed E-state index contributed by atoms with van der Waals surface area (Å²) in [6.07, 6.45) is 5.43. The molecule has 0 bridgehead atoms. The Labute approximate surface area is 268 Å². The minimum absolute atomic E-state index is 0.283. The molecular weight excluding hydrogens is 619 g/mol. The molecule has 1 saturated heterocycles. The third kappa shape index (κ3) is 6.72. The van der Waals surface area contributed by atoms with Crippen molar-refractivity contribution in [2.75, 3.05) is 24.7 Å². The third-order valence-electron chi connectivity index (χ3n) is 8.45. The second kappa shape index (κ2) is 12.8. The summed E-state index contributed by atoms with van der Waals surface area (Å²) in [4.78, 5) is 8.37. The van der Waals surface area contributed by atoms with E-state index in [1.165, 1.54) is 0 Å². The quantitative estimate of drug-likeness (QED) is 0.192. The van der Waals surface area contributed by atoms with Crippen molar-refractivity contribution in [3.05, 3.63) is 87.9 Å². The number of nitrogens with zero attached hydrogens (tertiary/aromatic N) is 2. The second-order valence-corrected chi connectivity index (χ2v) is 13.0. The van der Waals surface area contributed by atoms with E-state index in [2.05, 4.69) is 53.6 Å². The van der Waals surface area contributed by atoms with Crippen LogP contribution in [0.4, 0.5) is 11.4 Å². The number of hydrogen-bond acceptors (Lipinski definition) is 8. The van der Waals surface area contributed by atoms with Gasteiger partial charge in [-0.25, -0.2) is 0 Å². The normalized spacial score (nSPS) is 16.8. The lowest BCUT2D eigenvalue weighted by atomic mass is 9.79. The molecule has 0 spiro atoms. The molecule has 4 N–H and O–H groups in total. The van der Waals surface area contributed by atoms with E-state index in [1.54, 1.807) is 6.20 Å². The van der Waals surface area contributed by atoms with Crippen LogP contribution in [0.15, 0.2) is 65.4 Å². The number of ether oxygens (including phenoxy) is 2. The number of pyridine rings is 2. The Morgan fingerprint density at radius 3 is 1.86 bits per heavy atom. The predicted octanol–water partition coefficient (Wildman–Crippen LogP) is 6.23. The second-order valence-electron chi connectivity index (χ2n) is 12.1. The van der Waals surface area contributed by atoms with Crippen molar-refractivity contribution in [2.45, 2.75) is 65.6 Å². The number of hydrogen-bond donors (Lipinski definition) is 2. The van der Waals surface area contributed by atoms with Crippen molar-refractivity contribution in [3.8, 4) is 22.6 Å². The number of nitrogen functional groups attached to an aromatic ring is 2. The SMILES string of the molecule is Cc1cc(-c2ccc3c(c2N)CCO3)ccn1.Cc1cc(B2OC(C)(C)C(C)(C)O2)ccn1.Nc1c(Br)ccc2c1CCO2. The number of aryl methyl sites for hydroxylation is 2. The number of fused-ring (bicyclic) bond motifs is 2. The average molecular weight is 659 g/mol. The first kappa shape index (κ1) is 31.8. The molecule has 0 atom stereocenters. The van der Waals surface area contributed by atoms with Gasteiger partial charge in [-0.05, 0) is 117 Å². The molecule has 2 aromatic carbocycles. The Morgan fingerprint density at radius 2 is 1.27 bits per heavy atom. The van der Waals surface area contributed by atoms with Crippen molar-refractivity contribution in [1.82, 2.24) is 9.97 Å². The number of aromatic nitrogens is 2. The molecule has 2 aromatic heterocycles. The van der Waals surface area contributed by atoms with Gasteiger partial charge in [-0.15, -0.1) is 0 Å². The number of rotatable bonds is 2. The molecule has 8 nitrogen and oxygen atoms in total. The van der Waals surface area contributed by atoms with Crippen molar-refractivity contribution < 1.29 is 18.8 Å². The minimum atomic E-state index is -0.285. The maximum atomic E-state index is 6.22. The Morgan fingerprint density at radius 1 is 0.727 bits per heavy atom. The summed E-state index contributed by atoms with van der Waals surface area (Å²) in [6, 6.07) is 15.9. The molecule has 4 aromatic rings. The van der Waals surface area contributed by atoms with Gasteiger partial charge in [0.15, 0.2) is 0 Å². The summed E-state index contributed by atoms with van der Waals surface area (Å²) in [6.45, 7) is 13.7. The largest absolute Gasteiger partial charge is 0.494 e. The summed E-state index contributed by atoms with van der Waals surface area (Å²) < 4.78 is 23.7. The molecule has 0 saturated carbocycles. The lowest BCUT2D eigenvalue weighted by molar-refractivity contribution is 0.00578. The van der Waals surface area contributed by atoms with Gasteiger partial charge >= 0.3 is 7.12 Å². The maximum Gasteiger partial charge on any atom is 0.494 e. The standard InChI is InChI=1S/C14H14N2O.C12H18BNO2.C8H8BrNO/c1-9-8-10(4-6-16-9)11-2-3-13-12(14(11)15)5-7-17-13;1-9-8-10(6-7-14-9)13-15-11(2,3)12(4,5)16-13;9-6-1-2-7-5(8(6)10)3-4-11-7/h2-4,6,8H,5,7,15H2,1H3;6-8H,1-5H3;1-2H,3-4,10H2. The van der Waals surface area contributed by atoms with E-state index in [4.69, 9.17) is 30.2 Å². The van der Waals surface area contributed by atoms with E-state index in [9.17, 15) is 0 Å². The zero-order chi connectivity index (χ0) is 31.6. The zero-order valence-electron chi connectivity index (χ0n) is 26.2. The van der Waals surface area contributed by atoms with Crippen LogP contribution in [0.25, 0.3) is 11.1 Å². The van der Waals surface area contributed by atoms with Gasteiger partial charge in [-0.1, -0.05) is 0 Å². The first-order valence-electron chi connectivity index (χ1n) is 14.8. The number of benzene rings is 2. The molecule has 3 aliphatic heterocycles. The highest BCUT2D eigenvalue weighted by molar-refractivity contribution is 9.10. The first-order chi connectivity index (χ1) is 20.9. The van der Waals surface area contributed by atoms with Crippen LogP contribution in [0, 0.1) is 13.8 Å². The topological polar surface area (TPSA) is 115 Å². The molecular formula is C34H40BBrN4O4. The molecule has 0 unspecified atom stereocenters. The molecule has 5 heterocycles. The van der Waals surface area contributed by atoms with Crippen LogP contribution in [0.3, 0.4) is 0 Å². The predicted molar refractivity (Wildman–Crippen MR) is 180 cm³/mol. The summed E-state index contributed by atoms with van der Waals surface area (Å²) >= 11 is 3.37. The fraction of sp³-hybridized carbons (Fsp3) is 0.353. The number of halogens is 1. The minimum Gasteiger partial charge on any atom is -0.493 e. The molecule has 1 fully saturated rings. The van der Waals surface area contributed by atoms with E-state index in [0.29, 0.717) is 0 Å². The highest BCUT2D eigenvalue weighted by atomic mass is 79.9. The molecule has 44 heavy (non-hydrogen) atoms. The van der Waals surface area contributed by atoms with E-state index < -0.39 is 0 Å². The van der Waals surface area contributed by atoms with Crippen molar-refractivity contribution in [1.29, 1.82) is 0 Å². The molecule has 10 heteroatoms. The summed E-state index contributed by atoms with van der Waals surface area (Å²) in [5.74, 6) is 1.86. The van der Waals surface area contributed by atoms with Crippen molar-refractivity contribution in [3.63, 3.8) is 0 Å². The van der Waals surface area contributed by atoms with Gasteiger partial charge in [-0.2, -0.15) is 0 Å². The van der Waals surface area contributed by atoms with Crippen LogP contribution in [0.5, 0.6) is 11.5 Å². The van der Waals surface area contributed by atoms with Gasteiger partial charge in [0.1, 0.15) is 11.5 Å². The van der Waals surface area contributed by atoms with Crippen LogP contribution in [0.1, 0.15) is 50.2 Å². The summed E-state index contributed by atoms with van der Waals surface area (Å²) in [7, 11) is -0.285. The highest BCUT2D eigenvalue weighted by Gasteiger charge is 2.51. The molecule has 230 valence electrons. The van der Waals surface area contributed by atoms with Gasteiger partial charge in [0.05, 0.1) is 30.1 Å². The average Bonchev–Trinajstić information content (AvgIpc) is 3.70. The monoisotopic (exact) mass is 658 g/mol. The van der Waals surface area contributed by atoms with E-state index in [-0.39, 0.29) is 18.3 Å². The van der Waals surface area contributed by atoms with E-state index >= 15 is 0 Å². The van der Waals surface area contributed by atoms with Gasteiger partial charge in [0.25, 0.3) is 0 Å². The van der Waals surface area contributed by atoms with Gasteiger partial charge in [0.2, 0.25) is 0 Å². The fourth-order valence-electron chi connectivity index (χ4n) is 5.23. The fourth-order valence-corrected chi connectivity index (χ4v) is 5.60. The van der Waals surface area contributed by atoms with Crippen LogP contribution in [-0.4, -0.2) is 41.5 Å². The summed E-state index contributed by atoms with van der Waals surface area (Å²) in [5, 5.41) is 0.